The summed E-state index contributed by atoms with van der Waals surface area (Å²) in [5, 5.41) is 7.89. The van der Waals surface area contributed by atoms with E-state index in [0.717, 1.165) is 18.3 Å². The van der Waals surface area contributed by atoms with E-state index in [1.807, 2.05) is 0 Å². The Balaban J connectivity index is 1.72. The molecule has 2 aliphatic rings. The molecule has 4 heteroatoms. The molecule has 1 unspecified atom stereocenters. The molecule has 1 N–H and O–H groups in total. The summed E-state index contributed by atoms with van der Waals surface area (Å²) in [6.45, 7) is 5.64. The van der Waals surface area contributed by atoms with E-state index in [9.17, 15) is 0 Å². The highest BCUT2D eigenvalue weighted by atomic mass is 16.5. The van der Waals surface area contributed by atoms with Crippen LogP contribution in [-0.4, -0.2) is 16.7 Å². The van der Waals surface area contributed by atoms with E-state index in [-0.39, 0.29) is 11.5 Å². The van der Waals surface area contributed by atoms with Crippen LogP contribution in [0.5, 0.6) is 0 Å². The number of hydrogen-bond donors (Lipinski definition) is 1. The van der Waals surface area contributed by atoms with Gasteiger partial charge < -0.3 is 9.84 Å². The normalized spacial score (nSPS) is 28.0. The first-order valence-corrected chi connectivity index (χ1v) is 8.74. The van der Waals surface area contributed by atoms with Gasteiger partial charge in [0.15, 0.2) is 5.82 Å². The molecule has 1 aromatic rings. The maximum atomic E-state index is 5.64. The molecular formula is C17H29N3O. The number of nitrogens with zero attached hydrogens (tertiary/aromatic N) is 2. The average molecular weight is 291 g/mol. The molecule has 0 spiro atoms. The van der Waals surface area contributed by atoms with Crippen LogP contribution < -0.4 is 5.32 Å². The second-order valence-corrected chi connectivity index (χ2v) is 7.51. The maximum absolute atomic E-state index is 5.64. The van der Waals surface area contributed by atoms with Gasteiger partial charge in [0.1, 0.15) is 0 Å². The summed E-state index contributed by atoms with van der Waals surface area (Å²) >= 11 is 0. The summed E-state index contributed by atoms with van der Waals surface area (Å²) in [7, 11) is 0. The molecule has 21 heavy (non-hydrogen) atoms. The van der Waals surface area contributed by atoms with Gasteiger partial charge in [-0.1, -0.05) is 51.1 Å². The lowest BCUT2D eigenvalue weighted by Gasteiger charge is -2.36. The van der Waals surface area contributed by atoms with Gasteiger partial charge in [-0.25, -0.2) is 0 Å². The third-order valence-electron chi connectivity index (χ3n) is 5.30. The van der Waals surface area contributed by atoms with Crippen LogP contribution in [0.1, 0.15) is 95.3 Å². The van der Waals surface area contributed by atoms with Gasteiger partial charge in [0.2, 0.25) is 5.89 Å². The van der Waals surface area contributed by atoms with Crippen molar-refractivity contribution >= 4 is 0 Å². The molecule has 0 amide bonds. The summed E-state index contributed by atoms with van der Waals surface area (Å²) in [5.74, 6) is 2.27. The van der Waals surface area contributed by atoms with Gasteiger partial charge in [0.25, 0.3) is 0 Å². The predicted octanol–water partition coefficient (Wildman–Crippen LogP) is 4.35. The van der Waals surface area contributed by atoms with Crippen LogP contribution in [0.25, 0.3) is 0 Å². The van der Waals surface area contributed by atoms with Crippen LogP contribution >= 0.6 is 0 Å². The minimum absolute atomic E-state index is 0.197. The lowest BCUT2D eigenvalue weighted by Crippen LogP contribution is -2.39. The zero-order valence-corrected chi connectivity index (χ0v) is 13.5. The van der Waals surface area contributed by atoms with Crippen LogP contribution in [-0.2, 0) is 0 Å². The summed E-state index contributed by atoms with van der Waals surface area (Å²) in [6.07, 6.45) is 11.6. The summed E-state index contributed by atoms with van der Waals surface area (Å²) in [5.41, 5.74) is 0.197. The second kappa shape index (κ2) is 6.47. The van der Waals surface area contributed by atoms with Gasteiger partial charge in [-0.3, -0.25) is 0 Å². The largest absolute Gasteiger partial charge is 0.338 e. The first-order valence-electron chi connectivity index (χ1n) is 8.74. The molecule has 4 nitrogen and oxygen atoms in total. The van der Waals surface area contributed by atoms with Crippen LogP contribution in [0, 0.1) is 5.41 Å². The van der Waals surface area contributed by atoms with Crippen molar-refractivity contribution in [2.45, 2.75) is 83.6 Å². The number of nitrogens with one attached hydrogen (secondary N) is 1. The van der Waals surface area contributed by atoms with E-state index in [0.29, 0.717) is 5.92 Å². The lowest BCUT2D eigenvalue weighted by molar-refractivity contribution is 0.146. The first-order chi connectivity index (χ1) is 10.2. The van der Waals surface area contributed by atoms with E-state index in [2.05, 4.69) is 24.3 Å². The van der Waals surface area contributed by atoms with E-state index in [1.165, 1.54) is 57.8 Å². The van der Waals surface area contributed by atoms with Crippen molar-refractivity contribution in [3.8, 4) is 0 Å². The van der Waals surface area contributed by atoms with Gasteiger partial charge in [-0.05, 0) is 37.6 Å². The number of piperidine rings is 1. The Labute approximate surface area is 128 Å². The second-order valence-electron chi connectivity index (χ2n) is 7.51. The van der Waals surface area contributed by atoms with E-state index in [4.69, 9.17) is 9.51 Å². The Kier molecular flexibility index (Phi) is 4.63. The fourth-order valence-electron chi connectivity index (χ4n) is 3.88. The molecule has 1 aliphatic carbocycles. The van der Waals surface area contributed by atoms with E-state index < -0.39 is 0 Å². The van der Waals surface area contributed by atoms with Crippen molar-refractivity contribution < 1.29 is 4.52 Å². The van der Waals surface area contributed by atoms with Crippen molar-refractivity contribution in [2.24, 2.45) is 5.41 Å². The van der Waals surface area contributed by atoms with Crippen molar-refractivity contribution in [2.75, 3.05) is 6.54 Å². The quantitative estimate of drug-likeness (QED) is 0.880. The molecule has 1 saturated carbocycles. The molecule has 2 heterocycles. The van der Waals surface area contributed by atoms with Gasteiger partial charge in [-0.2, -0.15) is 4.98 Å². The Morgan fingerprint density at radius 2 is 1.76 bits per heavy atom. The van der Waals surface area contributed by atoms with E-state index >= 15 is 0 Å². The third kappa shape index (κ3) is 3.47. The Morgan fingerprint density at radius 1 is 1.05 bits per heavy atom. The molecule has 1 atom stereocenters. The van der Waals surface area contributed by atoms with Gasteiger partial charge >= 0.3 is 0 Å². The maximum Gasteiger partial charge on any atom is 0.244 e. The van der Waals surface area contributed by atoms with Crippen LogP contribution in [0.2, 0.25) is 0 Å². The highest BCUT2D eigenvalue weighted by Crippen LogP contribution is 2.40. The van der Waals surface area contributed by atoms with Crippen LogP contribution in [0.4, 0.5) is 0 Å². The molecule has 3 rings (SSSR count). The zero-order chi connectivity index (χ0) is 14.7. The number of aromatic nitrogens is 2. The lowest BCUT2D eigenvalue weighted by atomic mass is 9.77. The smallest absolute Gasteiger partial charge is 0.244 e. The number of hydrogen-bond acceptors (Lipinski definition) is 4. The SMILES string of the molecule is CC1(C)CCCNC1c1nc(C2CCCCCCC2)no1. The summed E-state index contributed by atoms with van der Waals surface area (Å²) in [6, 6.07) is 0.209. The van der Waals surface area contributed by atoms with Crippen molar-refractivity contribution in [3.63, 3.8) is 0 Å². The predicted molar refractivity (Wildman–Crippen MR) is 83.1 cm³/mol. The minimum Gasteiger partial charge on any atom is -0.338 e. The summed E-state index contributed by atoms with van der Waals surface area (Å²) < 4.78 is 5.64. The third-order valence-corrected chi connectivity index (χ3v) is 5.30. The highest BCUT2D eigenvalue weighted by Gasteiger charge is 2.37. The molecule has 0 bridgehead atoms. The molecule has 1 saturated heterocycles. The topological polar surface area (TPSA) is 51.0 Å². The van der Waals surface area contributed by atoms with Gasteiger partial charge in [-0.15, -0.1) is 0 Å². The van der Waals surface area contributed by atoms with E-state index in [1.54, 1.807) is 0 Å². The van der Waals surface area contributed by atoms with Crippen molar-refractivity contribution in [1.82, 2.24) is 15.5 Å². The molecular weight excluding hydrogens is 262 g/mol. The zero-order valence-electron chi connectivity index (χ0n) is 13.5. The Bertz CT molecular complexity index is 447. The molecule has 2 fully saturated rings. The highest BCUT2D eigenvalue weighted by molar-refractivity contribution is 5.04. The standard InChI is InChI=1S/C17H29N3O/c1-17(2)11-8-12-18-14(17)16-19-15(20-21-16)13-9-6-4-3-5-7-10-13/h13-14,18H,3-12H2,1-2H3. The van der Waals surface area contributed by atoms with Crippen molar-refractivity contribution in [3.05, 3.63) is 11.7 Å². The fourth-order valence-corrected chi connectivity index (χ4v) is 3.88. The van der Waals surface area contributed by atoms with Crippen LogP contribution in [0.15, 0.2) is 4.52 Å². The summed E-state index contributed by atoms with van der Waals surface area (Å²) in [4.78, 5) is 4.79. The molecule has 0 aromatic carbocycles. The molecule has 1 aliphatic heterocycles. The minimum atomic E-state index is 0.197. The first kappa shape index (κ1) is 15.0. The molecule has 1 aromatic heterocycles. The number of rotatable bonds is 2. The fraction of sp³-hybridized carbons (Fsp3) is 0.882. The van der Waals surface area contributed by atoms with Crippen molar-refractivity contribution in [1.29, 1.82) is 0 Å². The monoisotopic (exact) mass is 291 g/mol. The molecule has 118 valence electrons. The molecule has 0 radical (unpaired) electrons. The Morgan fingerprint density at radius 3 is 2.48 bits per heavy atom. The Hall–Kier alpha value is -0.900. The van der Waals surface area contributed by atoms with Gasteiger partial charge in [0.05, 0.1) is 6.04 Å². The van der Waals surface area contributed by atoms with Crippen LogP contribution in [0.3, 0.4) is 0 Å². The average Bonchev–Trinajstić information content (AvgIpc) is 2.87. The van der Waals surface area contributed by atoms with Gasteiger partial charge in [0, 0.05) is 5.92 Å².